The lowest BCUT2D eigenvalue weighted by molar-refractivity contribution is -0.117. The standard InChI is InChI=1S/C11H21NO2/c1-10(14)5-2-3-7-12-8-4-6-11(12)9-13/h11,13H,2-9H2,1H3. The van der Waals surface area contributed by atoms with Gasteiger partial charge in [-0.1, -0.05) is 0 Å². The summed E-state index contributed by atoms with van der Waals surface area (Å²) < 4.78 is 0. The molecule has 0 aromatic rings. The largest absolute Gasteiger partial charge is 0.395 e. The maximum absolute atomic E-state index is 10.7. The van der Waals surface area contributed by atoms with Gasteiger partial charge in [-0.2, -0.15) is 0 Å². The Balaban J connectivity index is 2.08. The highest BCUT2D eigenvalue weighted by atomic mass is 16.3. The number of carbonyl (C=O) groups is 1. The Morgan fingerprint density at radius 3 is 2.93 bits per heavy atom. The first kappa shape index (κ1) is 11.7. The van der Waals surface area contributed by atoms with Gasteiger partial charge in [0, 0.05) is 12.5 Å². The van der Waals surface area contributed by atoms with E-state index in [1.807, 2.05) is 0 Å². The molecule has 1 saturated heterocycles. The number of rotatable bonds is 6. The monoisotopic (exact) mass is 199 g/mol. The summed E-state index contributed by atoms with van der Waals surface area (Å²) in [6.45, 7) is 4.09. The van der Waals surface area contributed by atoms with Gasteiger partial charge in [-0.25, -0.2) is 0 Å². The van der Waals surface area contributed by atoms with Crippen molar-refractivity contribution in [3.63, 3.8) is 0 Å². The van der Waals surface area contributed by atoms with Crippen molar-refractivity contribution in [2.45, 2.75) is 45.1 Å². The molecule has 1 aliphatic rings. The van der Waals surface area contributed by atoms with E-state index in [-0.39, 0.29) is 12.4 Å². The van der Waals surface area contributed by atoms with Crippen molar-refractivity contribution in [3.05, 3.63) is 0 Å². The second-order valence-corrected chi connectivity index (χ2v) is 4.17. The van der Waals surface area contributed by atoms with Gasteiger partial charge in [0.25, 0.3) is 0 Å². The molecule has 0 amide bonds. The maximum Gasteiger partial charge on any atom is 0.129 e. The number of unbranched alkanes of at least 4 members (excludes halogenated alkanes) is 1. The van der Waals surface area contributed by atoms with E-state index in [2.05, 4.69) is 4.90 Å². The van der Waals surface area contributed by atoms with Gasteiger partial charge in [-0.15, -0.1) is 0 Å². The topological polar surface area (TPSA) is 40.5 Å². The third-order valence-corrected chi connectivity index (χ3v) is 2.93. The highest BCUT2D eigenvalue weighted by Crippen LogP contribution is 2.17. The molecule has 3 heteroatoms. The molecular weight excluding hydrogens is 178 g/mol. The summed E-state index contributed by atoms with van der Waals surface area (Å²) in [5.41, 5.74) is 0. The summed E-state index contributed by atoms with van der Waals surface area (Å²) in [5.74, 6) is 0.283. The van der Waals surface area contributed by atoms with Crippen molar-refractivity contribution in [3.8, 4) is 0 Å². The van der Waals surface area contributed by atoms with Crippen LogP contribution in [-0.4, -0.2) is 41.5 Å². The van der Waals surface area contributed by atoms with Gasteiger partial charge < -0.3 is 9.90 Å². The van der Waals surface area contributed by atoms with Crippen LogP contribution in [0.15, 0.2) is 0 Å². The Morgan fingerprint density at radius 1 is 1.50 bits per heavy atom. The smallest absolute Gasteiger partial charge is 0.129 e. The Hall–Kier alpha value is -0.410. The van der Waals surface area contributed by atoms with Crippen LogP contribution in [-0.2, 0) is 4.79 Å². The molecule has 14 heavy (non-hydrogen) atoms. The van der Waals surface area contributed by atoms with Crippen molar-refractivity contribution >= 4 is 5.78 Å². The first-order chi connectivity index (χ1) is 6.74. The van der Waals surface area contributed by atoms with Crippen LogP contribution in [0.4, 0.5) is 0 Å². The molecule has 1 heterocycles. The van der Waals surface area contributed by atoms with Gasteiger partial charge in [0.2, 0.25) is 0 Å². The summed E-state index contributed by atoms with van der Waals surface area (Å²) in [7, 11) is 0. The van der Waals surface area contributed by atoms with Crippen LogP contribution < -0.4 is 0 Å². The molecule has 1 rings (SSSR count). The van der Waals surface area contributed by atoms with E-state index in [4.69, 9.17) is 5.11 Å². The fourth-order valence-corrected chi connectivity index (χ4v) is 2.09. The van der Waals surface area contributed by atoms with E-state index in [0.717, 1.165) is 32.4 Å². The fourth-order valence-electron chi connectivity index (χ4n) is 2.09. The number of aliphatic hydroxyl groups is 1. The summed E-state index contributed by atoms with van der Waals surface area (Å²) in [5, 5.41) is 9.09. The van der Waals surface area contributed by atoms with Gasteiger partial charge >= 0.3 is 0 Å². The first-order valence-corrected chi connectivity index (χ1v) is 5.58. The van der Waals surface area contributed by atoms with E-state index in [9.17, 15) is 4.79 Å². The quantitative estimate of drug-likeness (QED) is 0.653. The maximum atomic E-state index is 10.7. The number of hydrogen-bond acceptors (Lipinski definition) is 3. The van der Waals surface area contributed by atoms with E-state index in [0.29, 0.717) is 12.5 Å². The molecule has 1 aliphatic heterocycles. The minimum Gasteiger partial charge on any atom is -0.395 e. The van der Waals surface area contributed by atoms with Crippen molar-refractivity contribution in [1.29, 1.82) is 0 Å². The number of ketones is 1. The summed E-state index contributed by atoms with van der Waals surface area (Å²) in [6, 6.07) is 0.382. The molecule has 82 valence electrons. The summed E-state index contributed by atoms with van der Waals surface area (Å²) >= 11 is 0. The molecule has 0 spiro atoms. The average Bonchev–Trinajstić information content (AvgIpc) is 2.59. The molecule has 0 aromatic carbocycles. The molecule has 0 saturated carbocycles. The van der Waals surface area contributed by atoms with E-state index in [1.54, 1.807) is 6.92 Å². The van der Waals surface area contributed by atoms with Gasteiger partial charge in [0.1, 0.15) is 5.78 Å². The van der Waals surface area contributed by atoms with Gasteiger partial charge in [0.15, 0.2) is 0 Å². The normalized spacial score (nSPS) is 22.9. The molecule has 1 fully saturated rings. The van der Waals surface area contributed by atoms with E-state index >= 15 is 0 Å². The lowest BCUT2D eigenvalue weighted by Crippen LogP contribution is -2.32. The highest BCUT2D eigenvalue weighted by Gasteiger charge is 2.22. The van der Waals surface area contributed by atoms with Crippen molar-refractivity contribution in [2.24, 2.45) is 0 Å². The fraction of sp³-hybridized carbons (Fsp3) is 0.909. The predicted molar refractivity (Wildman–Crippen MR) is 56.2 cm³/mol. The molecule has 0 aromatic heterocycles. The first-order valence-electron chi connectivity index (χ1n) is 5.58. The average molecular weight is 199 g/mol. The van der Waals surface area contributed by atoms with E-state index in [1.165, 1.54) is 6.42 Å². The zero-order valence-electron chi connectivity index (χ0n) is 9.04. The van der Waals surface area contributed by atoms with Crippen LogP contribution >= 0.6 is 0 Å². The van der Waals surface area contributed by atoms with Crippen molar-refractivity contribution in [2.75, 3.05) is 19.7 Å². The Morgan fingerprint density at radius 2 is 2.29 bits per heavy atom. The van der Waals surface area contributed by atoms with Gasteiger partial charge in [-0.3, -0.25) is 4.90 Å². The second kappa shape index (κ2) is 6.14. The van der Waals surface area contributed by atoms with Crippen LogP contribution in [0.1, 0.15) is 39.0 Å². The van der Waals surface area contributed by atoms with Gasteiger partial charge in [-0.05, 0) is 45.7 Å². The Labute approximate surface area is 86.1 Å². The number of likely N-dealkylation sites (tertiary alicyclic amines) is 1. The van der Waals surface area contributed by atoms with Crippen molar-refractivity contribution in [1.82, 2.24) is 4.90 Å². The van der Waals surface area contributed by atoms with Crippen LogP contribution in [0.2, 0.25) is 0 Å². The molecule has 1 N–H and O–H groups in total. The molecule has 0 radical (unpaired) electrons. The highest BCUT2D eigenvalue weighted by molar-refractivity contribution is 5.75. The van der Waals surface area contributed by atoms with Crippen LogP contribution in [0, 0.1) is 0 Å². The minimum absolute atomic E-state index is 0.283. The predicted octanol–water partition coefficient (Wildman–Crippen LogP) is 1.20. The molecular formula is C11H21NO2. The Bertz CT molecular complexity index is 182. The van der Waals surface area contributed by atoms with Gasteiger partial charge in [0.05, 0.1) is 6.61 Å². The SMILES string of the molecule is CC(=O)CCCCN1CCCC1CO. The Kier molecular flexibility index (Phi) is 5.12. The zero-order valence-corrected chi connectivity index (χ0v) is 9.04. The van der Waals surface area contributed by atoms with Crippen LogP contribution in [0.3, 0.4) is 0 Å². The zero-order chi connectivity index (χ0) is 10.4. The van der Waals surface area contributed by atoms with Crippen LogP contribution in [0.25, 0.3) is 0 Å². The number of aliphatic hydroxyl groups excluding tert-OH is 1. The molecule has 0 bridgehead atoms. The number of hydrogen-bond donors (Lipinski definition) is 1. The number of Topliss-reactive ketones (excluding diaryl/α,β-unsaturated/α-hetero) is 1. The van der Waals surface area contributed by atoms with Crippen molar-refractivity contribution < 1.29 is 9.90 Å². The molecule has 1 atom stereocenters. The number of carbonyl (C=O) groups excluding carboxylic acids is 1. The summed E-state index contributed by atoms with van der Waals surface area (Å²) in [6.07, 6.45) is 5.11. The summed E-state index contributed by atoms with van der Waals surface area (Å²) in [4.78, 5) is 13.1. The molecule has 0 aliphatic carbocycles. The molecule has 1 unspecified atom stereocenters. The third-order valence-electron chi connectivity index (χ3n) is 2.93. The van der Waals surface area contributed by atoms with Crippen LogP contribution in [0.5, 0.6) is 0 Å². The number of nitrogens with zero attached hydrogens (tertiary/aromatic N) is 1. The third kappa shape index (κ3) is 3.76. The lowest BCUT2D eigenvalue weighted by atomic mass is 10.2. The second-order valence-electron chi connectivity index (χ2n) is 4.17. The lowest BCUT2D eigenvalue weighted by Gasteiger charge is -2.22. The molecule has 3 nitrogen and oxygen atoms in total. The van der Waals surface area contributed by atoms with E-state index < -0.39 is 0 Å². The minimum atomic E-state index is 0.283.